The van der Waals surface area contributed by atoms with Crippen molar-refractivity contribution in [1.29, 1.82) is 0 Å². The molecule has 1 unspecified atom stereocenters. The molecule has 13 heteroatoms. The number of aromatic nitrogens is 4. The fourth-order valence-electron chi connectivity index (χ4n) is 2.63. The van der Waals surface area contributed by atoms with Crippen molar-refractivity contribution in [1.82, 2.24) is 19.5 Å². The van der Waals surface area contributed by atoms with E-state index in [0.29, 0.717) is 24.0 Å². The van der Waals surface area contributed by atoms with Gasteiger partial charge in [0, 0.05) is 0 Å². The van der Waals surface area contributed by atoms with Gasteiger partial charge in [0.2, 0.25) is 0 Å². The number of fused-ring (bicyclic) bond motifs is 1. The Balaban J connectivity index is 1.70. The molecule has 1 fully saturated rings. The zero-order valence-corrected chi connectivity index (χ0v) is 16.3. The van der Waals surface area contributed by atoms with E-state index in [4.69, 9.17) is 19.9 Å². The van der Waals surface area contributed by atoms with Crippen LogP contribution in [0.1, 0.15) is 26.7 Å². The van der Waals surface area contributed by atoms with Gasteiger partial charge in [-0.25, -0.2) is 19.7 Å². The fourth-order valence-corrected chi connectivity index (χ4v) is 3.26. The lowest BCUT2D eigenvalue weighted by molar-refractivity contribution is -0.0486. The van der Waals surface area contributed by atoms with Crippen LogP contribution in [-0.2, 0) is 25.3 Å². The fraction of sp³-hybridized carbons (Fsp3) is 0.600. The minimum atomic E-state index is -4.69. The van der Waals surface area contributed by atoms with E-state index in [1.54, 1.807) is 18.4 Å². The Bertz CT molecular complexity index is 907. The minimum absolute atomic E-state index is 0.236. The second-order valence-corrected chi connectivity index (χ2v) is 8.63. The molecule has 1 aliphatic carbocycles. The molecule has 12 nitrogen and oxygen atoms in total. The molecule has 1 atom stereocenters. The van der Waals surface area contributed by atoms with Gasteiger partial charge in [-0.3, -0.25) is 4.57 Å². The van der Waals surface area contributed by atoms with Gasteiger partial charge in [0.1, 0.15) is 18.5 Å². The van der Waals surface area contributed by atoms with E-state index in [2.05, 4.69) is 15.0 Å². The van der Waals surface area contributed by atoms with Crippen LogP contribution in [0.2, 0.25) is 0 Å². The summed E-state index contributed by atoms with van der Waals surface area (Å²) in [6.07, 6.45) is 2.53. The second-order valence-electron chi connectivity index (χ2n) is 6.88. The predicted octanol–water partition coefficient (Wildman–Crippen LogP) is 1.02. The van der Waals surface area contributed by atoms with Crippen molar-refractivity contribution < 1.29 is 33.4 Å². The number of carbonyl (C=O) groups excluding carboxylic acids is 1. The zero-order valence-electron chi connectivity index (χ0n) is 15.4. The summed E-state index contributed by atoms with van der Waals surface area (Å²) in [6, 6.07) is 0. The van der Waals surface area contributed by atoms with Gasteiger partial charge in [-0.2, -0.15) is 0 Å². The molecule has 0 aromatic carbocycles. The number of imidazole rings is 1. The molecule has 2 aromatic rings. The lowest BCUT2D eigenvalue weighted by atomic mass is 10.3. The Morgan fingerprint density at radius 3 is 2.68 bits per heavy atom. The molecule has 0 radical (unpaired) electrons. The number of ether oxygens (including phenoxy) is 3. The molecule has 0 amide bonds. The molecular weight excluding hydrogens is 393 g/mol. The largest absolute Gasteiger partial charge is 0.508 e. The van der Waals surface area contributed by atoms with Crippen molar-refractivity contribution in [3.63, 3.8) is 0 Å². The predicted molar refractivity (Wildman–Crippen MR) is 96.2 cm³/mol. The maximum Gasteiger partial charge on any atom is 0.508 e. The van der Waals surface area contributed by atoms with Gasteiger partial charge in [-0.1, -0.05) is 0 Å². The van der Waals surface area contributed by atoms with Crippen LogP contribution in [0.4, 0.5) is 10.6 Å². The van der Waals surface area contributed by atoms with Gasteiger partial charge < -0.3 is 34.3 Å². The van der Waals surface area contributed by atoms with Gasteiger partial charge in [-0.05, 0) is 26.7 Å². The van der Waals surface area contributed by atoms with E-state index in [0.717, 1.165) is 0 Å². The van der Waals surface area contributed by atoms with Crippen LogP contribution in [0, 0.1) is 0 Å². The second kappa shape index (κ2) is 7.63. The van der Waals surface area contributed by atoms with Crippen LogP contribution in [0.25, 0.3) is 11.2 Å². The van der Waals surface area contributed by atoms with E-state index in [-0.39, 0.29) is 12.4 Å². The molecule has 0 spiro atoms. The average molecular weight is 415 g/mol. The summed E-state index contributed by atoms with van der Waals surface area (Å²) in [5.41, 5.74) is 5.87. The molecule has 2 aromatic heterocycles. The van der Waals surface area contributed by atoms with Gasteiger partial charge >= 0.3 is 13.8 Å². The van der Waals surface area contributed by atoms with E-state index in [1.807, 2.05) is 0 Å². The molecule has 154 valence electrons. The number of hydrogen-bond donors (Lipinski definition) is 3. The number of carbonyl (C=O) groups is 1. The summed E-state index contributed by atoms with van der Waals surface area (Å²) in [5, 5.41) is 0. The molecule has 1 aliphatic rings. The Labute approximate surface area is 160 Å². The lowest BCUT2D eigenvalue weighted by Gasteiger charge is -2.25. The minimum Gasteiger partial charge on any atom is -0.432 e. The summed E-state index contributed by atoms with van der Waals surface area (Å²) >= 11 is 0. The normalized spacial score (nSPS) is 16.9. The van der Waals surface area contributed by atoms with Gasteiger partial charge in [0.15, 0.2) is 17.3 Å². The van der Waals surface area contributed by atoms with E-state index < -0.39 is 37.9 Å². The average Bonchev–Trinajstić information content (AvgIpc) is 3.22. The number of nitrogen functional groups attached to an aromatic ring is 1. The molecule has 0 aliphatic heterocycles. The van der Waals surface area contributed by atoms with Crippen molar-refractivity contribution >= 4 is 30.7 Å². The highest BCUT2D eigenvalue weighted by atomic mass is 31.2. The maximum absolute atomic E-state index is 11.8. The highest BCUT2D eigenvalue weighted by molar-refractivity contribution is 7.52. The third-order valence-corrected chi connectivity index (χ3v) is 5.14. The zero-order chi connectivity index (χ0) is 20.5. The number of hydrogen-bond acceptors (Lipinski definition) is 9. The van der Waals surface area contributed by atoms with Crippen LogP contribution >= 0.6 is 7.60 Å². The third-order valence-electron chi connectivity index (χ3n) is 4.13. The summed E-state index contributed by atoms with van der Waals surface area (Å²) in [5.74, 6) is -1.37. The molecular formula is C15H22N5O7P. The summed E-state index contributed by atoms with van der Waals surface area (Å²) in [6.45, 7) is 2.89. The van der Waals surface area contributed by atoms with E-state index in [9.17, 15) is 19.1 Å². The van der Waals surface area contributed by atoms with Crippen molar-refractivity contribution in [3.05, 3.63) is 12.7 Å². The van der Waals surface area contributed by atoms with Crippen molar-refractivity contribution in [2.45, 2.75) is 50.8 Å². The number of nitrogens with zero attached hydrogens (tertiary/aromatic N) is 4. The van der Waals surface area contributed by atoms with Crippen molar-refractivity contribution in [3.8, 4) is 0 Å². The standard InChI is InChI=1S/C15H22N5O7P/c1-9(2)26-14(21)25-5-10(28(22,23)24)27-15(3-4-15)6-20-8-19-11-12(16)17-7-18-13(11)20/h7-10H,3-6H2,1-2H3,(H2,16,17,18)(H2,22,23,24). The summed E-state index contributed by atoms with van der Waals surface area (Å²) in [4.78, 5) is 42.9. The number of nitrogens with two attached hydrogens (primary N) is 1. The molecule has 3 rings (SSSR count). The Morgan fingerprint density at radius 2 is 2.07 bits per heavy atom. The SMILES string of the molecule is CC(C)OC(=O)OCC(OC1(Cn2cnc3c(N)ncnc32)CC1)P(=O)(O)O. The van der Waals surface area contributed by atoms with Gasteiger partial charge in [0.05, 0.1) is 24.6 Å². The molecule has 0 bridgehead atoms. The highest BCUT2D eigenvalue weighted by Gasteiger charge is 2.50. The van der Waals surface area contributed by atoms with E-state index in [1.165, 1.54) is 12.7 Å². The quantitative estimate of drug-likeness (QED) is 0.415. The highest BCUT2D eigenvalue weighted by Crippen LogP contribution is 2.50. The van der Waals surface area contributed by atoms with Crippen LogP contribution in [-0.4, -0.2) is 59.6 Å². The molecule has 2 heterocycles. The number of anilines is 1. The molecule has 1 saturated carbocycles. The summed E-state index contributed by atoms with van der Waals surface area (Å²) < 4.78 is 28.8. The van der Waals surface area contributed by atoms with Gasteiger partial charge in [-0.15, -0.1) is 0 Å². The van der Waals surface area contributed by atoms with Crippen LogP contribution in [0.3, 0.4) is 0 Å². The lowest BCUT2D eigenvalue weighted by Crippen LogP contribution is -2.32. The summed E-state index contributed by atoms with van der Waals surface area (Å²) in [7, 11) is -4.69. The topological polar surface area (TPSA) is 172 Å². The molecule has 0 saturated heterocycles. The first-order chi connectivity index (χ1) is 13.1. The van der Waals surface area contributed by atoms with Crippen LogP contribution < -0.4 is 5.73 Å². The van der Waals surface area contributed by atoms with Crippen molar-refractivity contribution in [2.24, 2.45) is 0 Å². The smallest absolute Gasteiger partial charge is 0.432 e. The first-order valence-corrected chi connectivity index (χ1v) is 10.3. The third kappa shape index (κ3) is 4.76. The van der Waals surface area contributed by atoms with Crippen LogP contribution in [0.15, 0.2) is 12.7 Å². The Hall–Kier alpha value is -2.27. The Morgan fingerprint density at radius 1 is 1.36 bits per heavy atom. The van der Waals surface area contributed by atoms with Gasteiger partial charge in [0.25, 0.3) is 0 Å². The molecule has 4 N–H and O–H groups in total. The first kappa shape index (κ1) is 20.5. The number of rotatable bonds is 8. The first-order valence-electron chi connectivity index (χ1n) is 8.57. The van der Waals surface area contributed by atoms with Crippen molar-refractivity contribution in [2.75, 3.05) is 12.3 Å². The monoisotopic (exact) mass is 415 g/mol. The van der Waals surface area contributed by atoms with E-state index >= 15 is 0 Å². The maximum atomic E-state index is 11.8. The molecule has 28 heavy (non-hydrogen) atoms. The van der Waals surface area contributed by atoms with Crippen LogP contribution in [0.5, 0.6) is 0 Å². The Kier molecular flexibility index (Phi) is 5.57.